The van der Waals surface area contributed by atoms with E-state index in [1.807, 2.05) is 91.0 Å². The Bertz CT molecular complexity index is 827. The molecule has 0 amide bonds. The minimum atomic E-state index is -0.823. The monoisotopic (exact) mass is 768 g/mol. The van der Waals surface area contributed by atoms with Crippen molar-refractivity contribution in [3.63, 3.8) is 0 Å². The first-order valence-electron chi connectivity index (χ1n) is 9.89. The van der Waals surface area contributed by atoms with E-state index in [0.717, 1.165) is 0 Å². The van der Waals surface area contributed by atoms with E-state index in [0.29, 0.717) is 13.3 Å². The van der Waals surface area contributed by atoms with E-state index in [4.69, 9.17) is 15.3 Å². The molecule has 0 bridgehead atoms. The summed E-state index contributed by atoms with van der Waals surface area (Å²) in [4.78, 5) is 30.6. The number of carboxylic acid groups (broad SMARTS) is 3. The Morgan fingerprint density at radius 1 is 0.455 bits per heavy atom. The first-order chi connectivity index (χ1) is 15.9. The van der Waals surface area contributed by atoms with Crippen LogP contribution in [0, 0.1) is 0 Å². The molecule has 0 atom stereocenters. The van der Waals surface area contributed by atoms with Crippen LogP contribution in [-0.2, 0) is 14.4 Å². The van der Waals surface area contributed by atoms with E-state index < -0.39 is 81.3 Å². The van der Waals surface area contributed by atoms with Crippen LogP contribution in [-0.4, -0.2) is 96.7 Å². The predicted octanol–water partition coefficient (Wildman–Crippen LogP) is 1.56. The molecule has 3 rings (SSSR count). The van der Waals surface area contributed by atoms with Gasteiger partial charge in [-0.1, -0.05) is 0 Å². The quantitative estimate of drug-likeness (QED) is 0.286. The van der Waals surface area contributed by atoms with Gasteiger partial charge in [-0.15, -0.1) is 0 Å². The summed E-state index contributed by atoms with van der Waals surface area (Å²) < 4.78 is 4.89. The van der Waals surface area contributed by atoms with Crippen LogP contribution in [0.5, 0.6) is 0 Å². The summed E-state index contributed by atoms with van der Waals surface area (Å²) in [5, 5.41) is 25.3. The van der Waals surface area contributed by atoms with Gasteiger partial charge in [0, 0.05) is 0 Å². The first-order valence-corrected chi connectivity index (χ1v) is 20.2. The van der Waals surface area contributed by atoms with Crippen LogP contribution in [0.25, 0.3) is 0 Å². The fourth-order valence-corrected chi connectivity index (χ4v) is 8.91. The third-order valence-corrected chi connectivity index (χ3v) is 14.1. The zero-order valence-electron chi connectivity index (χ0n) is 17.8. The van der Waals surface area contributed by atoms with Gasteiger partial charge in [0.05, 0.1) is 0 Å². The van der Waals surface area contributed by atoms with Gasteiger partial charge in [0.1, 0.15) is 0 Å². The van der Waals surface area contributed by atoms with Crippen LogP contribution < -0.4 is 10.7 Å². The number of rotatable bonds is 9. The summed E-state index contributed by atoms with van der Waals surface area (Å²) in [5.41, 5.74) is 0. The Morgan fingerprint density at radius 2 is 0.667 bits per heavy atom. The molecule has 0 aliphatic heterocycles. The molecule has 0 saturated heterocycles. The molecule has 9 heteroatoms. The van der Waals surface area contributed by atoms with Gasteiger partial charge < -0.3 is 0 Å². The van der Waals surface area contributed by atoms with E-state index in [1.165, 1.54) is 10.7 Å². The van der Waals surface area contributed by atoms with Crippen LogP contribution >= 0.6 is 0 Å². The Labute approximate surface area is 224 Å². The van der Waals surface area contributed by atoms with Gasteiger partial charge in [0.15, 0.2) is 0 Å². The standard InChI is InChI=1S/3C6H5.3C2H3O2.3Sn/c3*1-2-4-6-5-3-1;3*1-2(3)4;;;/h3*1-5H;3*1H2,(H,3,4);;;. The maximum atomic E-state index is 10.2. The van der Waals surface area contributed by atoms with Gasteiger partial charge in [-0.3, -0.25) is 0 Å². The van der Waals surface area contributed by atoms with Crippen molar-refractivity contribution in [3.8, 4) is 0 Å². The molecule has 0 aliphatic carbocycles. The van der Waals surface area contributed by atoms with Gasteiger partial charge in [0.2, 0.25) is 0 Å². The fraction of sp³-hybridized carbons (Fsp3) is 0.125. The van der Waals surface area contributed by atoms with Crippen molar-refractivity contribution in [2.45, 2.75) is 13.3 Å². The molecule has 0 aromatic heterocycles. The average Bonchev–Trinajstić information content (AvgIpc) is 2.83. The van der Waals surface area contributed by atoms with Gasteiger partial charge in [0.25, 0.3) is 0 Å². The number of benzene rings is 3. The molecule has 0 unspecified atom stereocenters. The molecule has 0 spiro atoms. The fourth-order valence-electron chi connectivity index (χ4n) is 2.20. The second-order valence-corrected chi connectivity index (χ2v) is 17.3. The Morgan fingerprint density at radius 3 is 0.848 bits per heavy atom. The molecule has 0 aliphatic rings. The van der Waals surface area contributed by atoms with E-state index in [2.05, 4.69) is 0 Å². The minimum absolute atomic E-state index is 0.382. The second-order valence-electron chi connectivity index (χ2n) is 6.34. The summed E-state index contributed by atoms with van der Waals surface area (Å²) in [5.74, 6) is -2.00. The molecule has 168 valence electrons. The first kappa shape index (κ1) is 29.5. The molecule has 0 heterocycles. The van der Waals surface area contributed by atoms with Crippen molar-refractivity contribution in [2.75, 3.05) is 0 Å². The summed E-state index contributed by atoms with van der Waals surface area (Å²) in [6, 6.07) is 29.6. The molecule has 6 radical (unpaired) electrons. The van der Waals surface area contributed by atoms with Crippen molar-refractivity contribution in [2.24, 2.45) is 0 Å². The third-order valence-electron chi connectivity index (χ3n) is 3.65. The summed E-state index contributed by atoms with van der Waals surface area (Å²) >= 11 is -2.47. The molecule has 0 saturated carbocycles. The topological polar surface area (TPSA) is 112 Å². The summed E-state index contributed by atoms with van der Waals surface area (Å²) in [6.45, 7) is 0. The van der Waals surface area contributed by atoms with Gasteiger partial charge in [-0.2, -0.15) is 0 Å². The second kappa shape index (κ2) is 18.8. The molecule has 3 aromatic carbocycles. The molecule has 33 heavy (non-hydrogen) atoms. The maximum absolute atomic E-state index is 10.2. The summed E-state index contributed by atoms with van der Waals surface area (Å²) in [6.07, 6.45) is 0. The van der Waals surface area contributed by atoms with Crippen LogP contribution in [0.15, 0.2) is 91.0 Å². The molecule has 6 nitrogen and oxygen atoms in total. The third kappa shape index (κ3) is 17.6. The van der Waals surface area contributed by atoms with Gasteiger partial charge in [-0.05, 0) is 0 Å². The van der Waals surface area contributed by atoms with Crippen molar-refractivity contribution < 1.29 is 29.7 Å². The average molecular weight is 765 g/mol. The van der Waals surface area contributed by atoms with E-state index in [-0.39, 0.29) is 0 Å². The Hall–Kier alpha value is -1.53. The van der Waals surface area contributed by atoms with Crippen molar-refractivity contribution in [1.29, 1.82) is 0 Å². The van der Waals surface area contributed by atoms with Gasteiger partial charge in [-0.25, -0.2) is 0 Å². The number of aliphatic carboxylic acids is 3. The Balaban J connectivity index is 0.000000247. The summed E-state index contributed by atoms with van der Waals surface area (Å²) in [7, 11) is 0. The number of hydrogen-bond donors (Lipinski definition) is 3. The van der Waals surface area contributed by atoms with Crippen LogP contribution in [0.4, 0.5) is 0 Å². The molecular weight excluding hydrogens is 740 g/mol. The molecule has 3 aromatic rings. The van der Waals surface area contributed by atoms with Gasteiger partial charge >= 0.3 is 226 Å². The van der Waals surface area contributed by atoms with E-state index in [9.17, 15) is 14.4 Å². The number of carboxylic acids is 3. The van der Waals surface area contributed by atoms with Crippen LogP contribution in [0.1, 0.15) is 0 Å². The molecular formula is C24H24O6Sn3. The molecule has 0 fully saturated rings. The number of hydrogen-bond acceptors (Lipinski definition) is 3. The van der Waals surface area contributed by atoms with Crippen LogP contribution in [0.2, 0.25) is 13.3 Å². The SMILES string of the molecule is O=C(O)[CH2][Sn][c]1ccccc1.O=C(O)[CH2][Sn][c]1ccccc1.O=C(O)[CH2][Sn][c]1ccccc1. The number of carbonyl (C=O) groups is 3. The normalized spacial score (nSPS) is 9.45. The van der Waals surface area contributed by atoms with E-state index in [1.54, 1.807) is 0 Å². The van der Waals surface area contributed by atoms with E-state index >= 15 is 0 Å². The predicted molar refractivity (Wildman–Crippen MR) is 133 cm³/mol. The Kier molecular flexibility index (Phi) is 16.8. The zero-order valence-corrected chi connectivity index (χ0v) is 26.4. The van der Waals surface area contributed by atoms with Crippen molar-refractivity contribution in [3.05, 3.63) is 91.0 Å². The zero-order chi connectivity index (χ0) is 24.3. The van der Waals surface area contributed by atoms with Crippen molar-refractivity contribution in [1.82, 2.24) is 0 Å². The van der Waals surface area contributed by atoms with Crippen LogP contribution in [0.3, 0.4) is 0 Å². The van der Waals surface area contributed by atoms with Crippen molar-refractivity contribution >= 4 is 92.1 Å². The molecule has 3 N–H and O–H groups in total.